The SMILES string of the molecule is COc1ccc(Cc2nc([C@@H]3C[C@@H](O)CN3)n(CCc3ccccc3)n2)cc1. The van der Waals surface area contributed by atoms with E-state index in [1.54, 1.807) is 7.11 Å². The molecule has 0 amide bonds. The van der Waals surface area contributed by atoms with Crippen LogP contribution in [-0.4, -0.2) is 39.6 Å². The van der Waals surface area contributed by atoms with E-state index in [9.17, 15) is 5.11 Å². The summed E-state index contributed by atoms with van der Waals surface area (Å²) >= 11 is 0. The van der Waals surface area contributed by atoms with Gasteiger partial charge in [-0.3, -0.25) is 0 Å². The molecule has 3 aromatic rings. The molecule has 1 aromatic heterocycles. The van der Waals surface area contributed by atoms with E-state index in [1.807, 2.05) is 35.0 Å². The van der Waals surface area contributed by atoms with Crippen molar-refractivity contribution in [3.8, 4) is 5.75 Å². The van der Waals surface area contributed by atoms with Gasteiger partial charge in [0.1, 0.15) is 11.6 Å². The maximum atomic E-state index is 9.92. The maximum Gasteiger partial charge on any atom is 0.155 e. The minimum absolute atomic E-state index is 0.0443. The molecule has 0 radical (unpaired) electrons. The van der Waals surface area contributed by atoms with Crippen molar-refractivity contribution in [2.75, 3.05) is 13.7 Å². The van der Waals surface area contributed by atoms with Crippen LogP contribution in [0, 0.1) is 0 Å². The van der Waals surface area contributed by atoms with E-state index in [4.69, 9.17) is 14.8 Å². The molecule has 1 saturated heterocycles. The first-order valence-corrected chi connectivity index (χ1v) is 9.73. The van der Waals surface area contributed by atoms with E-state index in [1.165, 1.54) is 5.56 Å². The number of aliphatic hydroxyl groups excluding tert-OH is 1. The molecule has 6 heteroatoms. The van der Waals surface area contributed by atoms with Gasteiger partial charge in [0.2, 0.25) is 0 Å². The van der Waals surface area contributed by atoms with Crippen molar-refractivity contribution in [3.05, 3.63) is 77.4 Å². The molecule has 2 N–H and O–H groups in total. The highest BCUT2D eigenvalue weighted by atomic mass is 16.5. The number of aliphatic hydroxyl groups is 1. The van der Waals surface area contributed by atoms with Crippen LogP contribution in [0.4, 0.5) is 0 Å². The van der Waals surface area contributed by atoms with Crippen LogP contribution < -0.4 is 10.1 Å². The zero-order valence-corrected chi connectivity index (χ0v) is 16.1. The van der Waals surface area contributed by atoms with Crippen LogP contribution in [-0.2, 0) is 19.4 Å². The van der Waals surface area contributed by atoms with Gasteiger partial charge in [-0.2, -0.15) is 5.10 Å². The fourth-order valence-corrected chi connectivity index (χ4v) is 3.62. The minimum atomic E-state index is -0.325. The van der Waals surface area contributed by atoms with Crippen molar-refractivity contribution in [1.82, 2.24) is 20.1 Å². The van der Waals surface area contributed by atoms with Crippen LogP contribution in [0.1, 0.15) is 35.2 Å². The Morgan fingerprint density at radius 3 is 2.57 bits per heavy atom. The Labute approximate surface area is 165 Å². The number of β-amino-alcohol motifs (C(OH)–C–C–N with tert-alkyl or cyclic N) is 1. The number of aromatic nitrogens is 3. The molecule has 0 saturated carbocycles. The van der Waals surface area contributed by atoms with Crippen LogP contribution in [0.3, 0.4) is 0 Å². The van der Waals surface area contributed by atoms with Crippen LogP contribution in [0.2, 0.25) is 0 Å². The van der Waals surface area contributed by atoms with Gasteiger partial charge in [0.15, 0.2) is 5.82 Å². The van der Waals surface area contributed by atoms with Crippen molar-refractivity contribution in [3.63, 3.8) is 0 Å². The third-order valence-electron chi connectivity index (χ3n) is 5.14. The molecule has 146 valence electrons. The lowest BCUT2D eigenvalue weighted by Gasteiger charge is -2.11. The van der Waals surface area contributed by atoms with E-state index in [2.05, 4.69) is 29.6 Å². The standard InChI is InChI=1S/C22H26N4O2/c1-28-19-9-7-17(8-10-19)13-21-24-22(20-14-18(27)15-23-20)26(25-21)12-11-16-5-3-2-4-6-16/h2-10,18,20,23,27H,11-15H2,1H3/t18-,20+/m1/s1. The van der Waals surface area contributed by atoms with Gasteiger partial charge in [-0.15, -0.1) is 0 Å². The molecule has 2 heterocycles. The normalized spacial score (nSPS) is 19.1. The van der Waals surface area contributed by atoms with Gasteiger partial charge in [-0.05, 0) is 36.1 Å². The summed E-state index contributed by atoms with van der Waals surface area (Å²) in [6.07, 6.45) is 1.92. The van der Waals surface area contributed by atoms with Gasteiger partial charge in [-0.1, -0.05) is 42.5 Å². The largest absolute Gasteiger partial charge is 0.497 e. The van der Waals surface area contributed by atoms with Gasteiger partial charge >= 0.3 is 0 Å². The summed E-state index contributed by atoms with van der Waals surface area (Å²) in [4.78, 5) is 4.82. The van der Waals surface area contributed by atoms with Crippen molar-refractivity contribution in [2.45, 2.75) is 38.0 Å². The molecular weight excluding hydrogens is 352 g/mol. The molecule has 0 aliphatic carbocycles. The minimum Gasteiger partial charge on any atom is -0.497 e. The molecule has 2 aromatic carbocycles. The van der Waals surface area contributed by atoms with Crippen LogP contribution in [0.5, 0.6) is 5.75 Å². The second-order valence-electron chi connectivity index (χ2n) is 7.22. The number of ether oxygens (including phenoxy) is 1. The first-order chi connectivity index (χ1) is 13.7. The zero-order valence-electron chi connectivity index (χ0n) is 16.1. The first kappa shape index (κ1) is 18.7. The monoisotopic (exact) mass is 378 g/mol. The molecule has 1 aliphatic rings. The Hall–Kier alpha value is -2.70. The molecule has 28 heavy (non-hydrogen) atoms. The average Bonchev–Trinajstić information content (AvgIpc) is 3.33. The zero-order chi connectivity index (χ0) is 19.3. The smallest absolute Gasteiger partial charge is 0.155 e. The summed E-state index contributed by atoms with van der Waals surface area (Å²) in [5.41, 5.74) is 2.42. The van der Waals surface area contributed by atoms with Crippen molar-refractivity contribution < 1.29 is 9.84 Å². The average molecular weight is 378 g/mol. The molecule has 1 fully saturated rings. The summed E-state index contributed by atoms with van der Waals surface area (Å²) in [6.45, 7) is 1.37. The fourth-order valence-electron chi connectivity index (χ4n) is 3.62. The van der Waals surface area contributed by atoms with Gasteiger partial charge in [0, 0.05) is 19.5 Å². The Balaban J connectivity index is 1.54. The van der Waals surface area contributed by atoms with E-state index in [-0.39, 0.29) is 12.1 Å². The summed E-state index contributed by atoms with van der Waals surface area (Å²) in [7, 11) is 1.67. The van der Waals surface area contributed by atoms with Crippen LogP contribution in [0.25, 0.3) is 0 Å². The predicted molar refractivity (Wildman–Crippen MR) is 107 cm³/mol. The molecule has 2 atom stereocenters. The molecule has 0 unspecified atom stereocenters. The Kier molecular flexibility index (Phi) is 5.69. The number of benzene rings is 2. The van der Waals surface area contributed by atoms with Crippen molar-refractivity contribution in [2.24, 2.45) is 0 Å². The Morgan fingerprint density at radius 1 is 1.11 bits per heavy atom. The number of aryl methyl sites for hydroxylation is 2. The highest BCUT2D eigenvalue weighted by Gasteiger charge is 2.28. The third-order valence-corrected chi connectivity index (χ3v) is 5.14. The third kappa shape index (κ3) is 4.40. The quantitative estimate of drug-likeness (QED) is 0.661. The highest BCUT2D eigenvalue weighted by Crippen LogP contribution is 2.23. The van der Waals surface area contributed by atoms with E-state index in [0.717, 1.165) is 35.9 Å². The van der Waals surface area contributed by atoms with Gasteiger partial charge in [0.25, 0.3) is 0 Å². The summed E-state index contributed by atoms with van der Waals surface area (Å²) in [5.74, 6) is 2.56. The summed E-state index contributed by atoms with van der Waals surface area (Å²) in [6, 6.07) is 18.4. The number of nitrogens with zero attached hydrogens (tertiary/aromatic N) is 3. The number of hydrogen-bond donors (Lipinski definition) is 2. The summed E-state index contributed by atoms with van der Waals surface area (Å²) in [5, 5.41) is 18.1. The van der Waals surface area contributed by atoms with E-state index < -0.39 is 0 Å². The molecule has 4 rings (SSSR count). The van der Waals surface area contributed by atoms with Crippen molar-refractivity contribution >= 4 is 0 Å². The lowest BCUT2D eigenvalue weighted by molar-refractivity contribution is 0.192. The molecule has 0 spiro atoms. The topological polar surface area (TPSA) is 72.2 Å². The Bertz CT molecular complexity index is 893. The second kappa shape index (κ2) is 8.54. The van der Waals surface area contributed by atoms with E-state index in [0.29, 0.717) is 19.4 Å². The Morgan fingerprint density at radius 2 is 1.89 bits per heavy atom. The molecule has 1 aliphatic heterocycles. The van der Waals surface area contributed by atoms with Crippen LogP contribution in [0.15, 0.2) is 54.6 Å². The predicted octanol–water partition coefficient (Wildman–Crippen LogP) is 2.52. The number of hydrogen-bond acceptors (Lipinski definition) is 5. The lowest BCUT2D eigenvalue weighted by Crippen LogP contribution is -2.19. The lowest BCUT2D eigenvalue weighted by atomic mass is 10.1. The molecular formula is C22H26N4O2. The van der Waals surface area contributed by atoms with Crippen LogP contribution >= 0.6 is 0 Å². The molecule has 6 nitrogen and oxygen atoms in total. The fraction of sp³-hybridized carbons (Fsp3) is 0.364. The number of nitrogens with one attached hydrogen (secondary N) is 1. The van der Waals surface area contributed by atoms with Gasteiger partial charge in [-0.25, -0.2) is 9.67 Å². The maximum absolute atomic E-state index is 9.92. The molecule has 0 bridgehead atoms. The van der Waals surface area contributed by atoms with E-state index >= 15 is 0 Å². The second-order valence-corrected chi connectivity index (χ2v) is 7.22. The summed E-state index contributed by atoms with van der Waals surface area (Å²) < 4.78 is 7.23. The van der Waals surface area contributed by atoms with Gasteiger partial charge in [0.05, 0.1) is 19.3 Å². The van der Waals surface area contributed by atoms with Crippen molar-refractivity contribution in [1.29, 1.82) is 0 Å². The first-order valence-electron chi connectivity index (χ1n) is 9.73. The number of rotatable bonds is 7. The number of methoxy groups -OCH3 is 1. The highest BCUT2D eigenvalue weighted by molar-refractivity contribution is 5.29. The van der Waals surface area contributed by atoms with Gasteiger partial charge < -0.3 is 15.2 Å².